The van der Waals surface area contributed by atoms with Crippen molar-refractivity contribution in [2.45, 2.75) is 0 Å². The van der Waals surface area contributed by atoms with Crippen LogP contribution in [0.3, 0.4) is 0 Å². The number of thiophene rings is 1. The van der Waals surface area contributed by atoms with Crippen LogP contribution in [0.2, 0.25) is 0 Å². The van der Waals surface area contributed by atoms with Crippen LogP contribution in [0, 0.1) is 0 Å². The maximum absolute atomic E-state index is 6.90. The Balaban J connectivity index is 1.35. The minimum Gasteiger partial charge on any atom is -0.454 e. The molecular weight excluding hydrogens is 667 g/mol. The molecule has 0 N–H and O–H groups in total. The van der Waals surface area contributed by atoms with E-state index in [-0.39, 0.29) is 0 Å². The number of aromatic nitrogens is 3. The highest BCUT2D eigenvalue weighted by Crippen LogP contribution is 2.48. The molecule has 248 valence electrons. The third-order valence-electron chi connectivity index (χ3n) is 10.9. The highest BCUT2D eigenvalue weighted by Gasteiger charge is 2.25. The zero-order chi connectivity index (χ0) is 34.6. The Morgan fingerprint density at radius 2 is 0.849 bits per heavy atom. The minimum absolute atomic E-state index is 0.906. The number of hydrogen-bond donors (Lipinski definition) is 0. The molecule has 0 fully saturated rings. The lowest BCUT2D eigenvalue weighted by Gasteiger charge is -2.15. The van der Waals surface area contributed by atoms with Gasteiger partial charge in [-0.2, -0.15) is 0 Å². The van der Waals surface area contributed by atoms with E-state index < -0.39 is 0 Å². The third-order valence-corrected chi connectivity index (χ3v) is 12.0. The highest BCUT2D eigenvalue weighted by molar-refractivity contribution is 7.27. The van der Waals surface area contributed by atoms with Gasteiger partial charge in [-0.05, 0) is 90.0 Å². The molecule has 0 aliphatic heterocycles. The first kappa shape index (κ1) is 28.8. The Kier molecular flexibility index (Phi) is 5.90. The molecule has 0 aliphatic rings. The third kappa shape index (κ3) is 4.00. The van der Waals surface area contributed by atoms with Crippen molar-refractivity contribution in [1.29, 1.82) is 0 Å². The van der Waals surface area contributed by atoms with E-state index >= 15 is 0 Å². The van der Waals surface area contributed by atoms with Gasteiger partial charge in [-0.1, -0.05) is 97.1 Å². The molecular formula is C48H29N3OS. The summed E-state index contributed by atoms with van der Waals surface area (Å²) in [6, 6.07) is 63.5. The van der Waals surface area contributed by atoms with Crippen molar-refractivity contribution < 1.29 is 4.42 Å². The molecule has 12 rings (SSSR count). The van der Waals surface area contributed by atoms with E-state index in [1.165, 1.54) is 42.1 Å². The van der Waals surface area contributed by atoms with Gasteiger partial charge in [-0.3, -0.25) is 0 Å². The van der Waals surface area contributed by atoms with Gasteiger partial charge in [-0.25, -0.2) is 0 Å². The van der Waals surface area contributed by atoms with Crippen molar-refractivity contribution in [2.24, 2.45) is 0 Å². The summed E-state index contributed by atoms with van der Waals surface area (Å²) < 4.78 is 16.7. The number of para-hydroxylation sites is 2. The largest absolute Gasteiger partial charge is 0.454 e. The molecule has 0 saturated carbocycles. The van der Waals surface area contributed by atoms with Crippen molar-refractivity contribution in [3.8, 4) is 28.2 Å². The Labute approximate surface area is 307 Å². The Morgan fingerprint density at radius 1 is 0.358 bits per heavy atom. The van der Waals surface area contributed by atoms with Crippen molar-refractivity contribution in [2.75, 3.05) is 0 Å². The van der Waals surface area contributed by atoms with Crippen LogP contribution >= 0.6 is 11.3 Å². The lowest BCUT2D eigenvalue weighted by atomic mass is 10.1. The van der Waals surface area contributed by atoms with E-state index in [0.717, 1.165) is 61.3 Å². The number of nitrogens with zero attached hydrogens (tertiary/aromatic N) is 3. The van der Waals surface area contributed by atoms with Gasteiger partial charge in [0.1, 0.15) is 5.58 Å². The van der Waals surface area contributed by atoms with E-state index in [1.54, 1.807) is 0 Å². The van der Waals surface area contributed by atoms with Gasteiger partial charge in [0.2, 0.25) is 0 Å². The monoisotopic (exact) mass is 695 g/mol. The molecule has 0 unspecified atom stereocenters. The standard InChI is InChI=1S/C48H29N3OS/c1-4-13-30(14-5-1)31-25-27-34(28-26-31)49-35-19-10-21-37-43(35)44-36(49)20-11-22-38(44)51(33-17-8-3-9-18-33)40-29-39(50(37)32-15-6-2-7-16-32)47-46-45-41(52-47)23-12-24-42(45)53-48(40)46/h1-29H. The topological polar surface area (TPSA) is 27.9 Å². The first-order valence-corrected chi connectivity index (χ1v) is 18.8. The van der Waals surface area contributed by atoms with E-state index in [4.69, 9.17) is 4.42 Å². The summed E-state index contributed by atoms with van der Waals surface area (Å²) in [5.74, 6) is 0. The first-order chi connectivity index (χ1) is 26.3. The summed E-state index contributed by atoms with van der Waals surface area (Å²) in [4.78, 5) is 0. The maximum Gasteiger partial charge on any atom is 0.161 e. The molecule has 5 heteroatoms. The van der Waals surface area contributed by atoms with Crippen molar-refractivity contribution >= 4 is 86.5 Å². The van der Waals surface area contributed by atoms with Gasteiger partial charge in [0.25, 0.3) is 0 Å². The van der Waals surface area contributed by atoms with Crippen LogP contribution in [0.4, 0.5) is 0 Å². The van der Waals surface area contributed by atoms with Gasteiger partial charge >= 0.3 is 0 Å². The average Bonchev–Trinajstić information content (AvgIpc) is 3.92. The molecule has 0 radical (unpaired) electrons. The van der Waals surface area contributed by atoms with Crippen LogP contribution in [0.5, 0.6) is 0 Å². The van der Waals surface area contributed by atoms with Crippen LogP contribution < -0.4 is 0 Å². The fraction of sp³-hybridized carbons (Fsp3) is 0. The van der Waals surface area contributed by atoms with E-state index in [1.807, 2.05) is 11.3 Å². The van der Waals surface area contributed by atoms with Gasteiger partial charge in [0.05, 0.1) is 43.2 Å². The van der Waals surface area contributed by atoms with Crippen molar-refractivity contribution in [1.82, 2.24) is 13.7 Å². The molecule has 0 saturated heterocycles. The molecule has 8 aromatic carbocycles. The molecule has 53 heavy (non-hydrogen) atoms. The normalized spacial score (nSPS) is 12.2. The van der Waals surface area contributed by atoms with Gasteiger partial charge < -0.3 is 18.1 Å². The molecule has 0 atom stereocenters. The molecule has 0 amide bonds. The second-order valence-corrected chi connectivity index (χ2v) is 14.8. The minimum atomic E-state index is 0.906. The fourth-order valence-corrected chi connectivity index (χ4v) is 9.88. The molecule has 0 spiro atoms. The van der Waals surface area contributed by atoms with Gasteiger partial charge in [-0.15, -0.1) is 11.3 Å². The average molecular weight is 696 g/mol. The molecule has 4 heterocycles. The zero-order valence-corrected chi connectivity index (χ0v) is 29.2. The predicted octanol–water partition coefficient (Wildman–Crippen LogP) is 13.5. The fourth-order valence-electron chi connectivity index (χ4n) is 8.66. The van der Waals surface area contributed by atoms with Gasteiger partial charge in [0.15, 0.2) is 5.58 Å². The molecule has 0 aliphatic carbocycles. The number of rotatable bonds is 4. The second kappa shape index (κ2) is 10.8. The predicted molar refractivity (Wildman–Crippen MR) is 223 cm³/mol. The Bertz CT molecular complexity index is 3180. The van der Waals surface area contributed by atoms with Crippen LogP contribution in [0.15, 0.2) is 180 Å². The molecule has 12 aromatic rings. The SMILES string of the molecule is c1ccc(-c2ccc(-n3c4cccc5c4c4c(cccc43)n(-c3ccccc3)c3cc(c4oc6cccc7sc3c4c67)n5-c3ccccc3)cc2)cc1. The lowest BCUT2D eigenvalue weighted by Crippen LogP contribution is -2.00. The molecule has 2 bridgehead atoms. The summed E-state index contributed by atoms with van der Waals surface area (Å²) in [6.07, 6.45) is 0. The Morgan fingerprint density at radius 3 is 1.45 bits per heavy atom. The maximum atomic E-state index is 6.90. The highest BCUT2D eigenvalue weighted by atomic mass is 32.1. The first-order valence-electron chi connectivity index (χ1n) is 17.9. The quantitative estimate of drug-likeness (QED) is 0.180. The summed E-state index contributed by atoms with van der Waals surface area (Å²) >= 11 is 1.85. The molecule has 4 nitrogen and oxygen atoms in total. The summed E-state index contributed by atoms with van der Waals surface area (Å²) in [7, 11) is 0. The van der Waals surface area contributed by atoms with Crippen LogP contribution in [-0.2, 0) is 0 Å². The van der Waals surface area contributed by atoms with E-state index in [9.17, 15) is 0 Å². The zero-order valence-electron chi connectivity index (χ0n) is 28.4. The van der Waals surface area contributed by atoms with Crippen molar-refractivity contribution in [3.63, 3.8) is 0 Å². The number of furan rings is 1. The lowest BCUT2D eigenvalue weighted by molar-refractivity contribution is 0.671. The van der Waals surface area contributed by atoms with Crippen LogP contribution in [-0.4, -0.2) is 13.7 Å². The molecule has 4 aromatic heterocycles. The van der Waals surface area contributed by atoms with E-state index in [0.29, 0.717) is 0 Å². The smallest absolute Gasteiger partial charge is 0.161 e. The number of hydrogen-bond acceptors (Lipinski definition) is 2. The number of benzene rings is 8. The second-order valence-electron chi connectivity index (χ2n) is 13.7. The summed E-state index contributed by atoms with van der Waals surface area (Å²) in [6.45, 7) is 0. The van der Waals surface area contributed by atoms with E-state index in [2.05, 4.69) is 190 Å². The summed E-state index contributed by atoms with van der Waals surface area (Å²) in [5.41, 5.74) is 14.2. The van der Waals surface area contributed by atoms with Crippen molar-refractivity contribution in [3.05, 3.63) is 176 Å². The van der Waals surface area contributed by atoms with Gasteiger partial charge in [0, 0.05) is 37.9 Å². The van der Waals surface area contributed by atoms with Crippen LogP contribution in [0.25, 0.3) is 103 Å². The Hall–Kier alpha value is -6.82. The van der Waals surface area contributed by atoms with Crippen LogP contribution in [0.1, 0.15) is 0 Å². The summed E-state index contributed by atoms with van der Waals surface area (Å²) in [5, 5.41) is 4.77.